The molecule has 0 unspecified atom stereocenters. The minimum absolute atomic E-state index is 0.0452. The van der Waals surface area contributed by atoms with E-state index in [0.717, 1.165) is 6.20 Å². The van der Waals surface area contributed by atoms with Crippen molar-refractivity contribution in [2.24, 2.45) is 0 Å². The molecule has 0 aliphatic rings. The molecule has 15 heavy (non-hydrogen) atoms. The zero-order valence-electron chi connectivity index (χ0n) is 8.54. The van der Waals surface area contributed by atoms with Crippen molar-refractivity contribution >= 4 is 11.6 Å². The number of ether oxygens (including phenoxy) is 2. The maximum absolute atomic E-state index is 13.0. The quantitative estimate of drug-likeness (QED) is 0.578. The van der Waals surface area contributed by atoms with Crippen molar-refractivity contribution in [3.05, 3.63) is 17.3 Å². The van der Waals surface area contributed by atoms with Gasteiger partial charge in [0.15, 0.2) is 0 Å². The fourth-order valence-corrected chi connectivity index (χ4v) is 0.980. The van der Waals surface area contributed by atoms with E-state index in [0.29, 0.717) is 6.61 Å². The van der Waals surface area contributed by atoms with Crippen LogP contribution in [0.5, 0.6) is 5.88 Å². The molecule has 0 amide bonds. The minimum Gasteiger partial charge on any atom is -0.473 e. The highest BCUT2D eigenvalue weighted by molar-refractivity contribution is 6.28. The lowest BCUT2D eigenvalue weighted by molar-refractivity contribution is 0.0532. The van der Waals surface area contributed by atoms with Gasteiger partial charge in [-0.05, 0) is 25.4 Å². The van der Waals surface area contributed by atoms with Gasteiger partial charge in [-0.25, -0.2) is 4.98 Å². The van der Waals surface area contributed by atoms with Crippen LogP contribution in [-0.2, 0) is 4.74 Å². The summed E-state index contributed by atoms with van der Waals surface area (Å²) in [7, 11) is 0. The van der Waals surface area contributed by atoms with Gasteiger partial charge in [-0.1, -0.05) is 0 Å². The number of aromatic nitrogens is 2. The summed E-state index contributed by atoms with van der Waals surface area (Å²) in [5.41, 5.74) is 0. The average Bonchev–Trinajstić information content (AvgIpc) is 2.17. The van der Waals surface area contributed by atoms with Crippen LogP contribution >= 0.6 is 11.6 Å². The first kappa shape index (κ1) is 12.1. The van der Waals surface area contributed by atoms with Crippen LogP contribution in [0.4, 0.5) is 4.39 Å². The van der Waals surface area contributed by atoms with Crippen LogP contribution in [0.25, 0.3) is 0 Å². The molecule has 0 saturated heterocycles. The van der Waals surface area contributed by atoms with Crippen LogP contribution in [0, 0.1) is 5.82 Å². The fraction of sp³-hybridized carbons (Fsp3) is 0.556. The SMILES string of the molecule is CC(C)OCCOc1nc(Cl)ncc1F. The highest BCUT2D eigenvalue weighted by Gasteiger charge is 2.06. The van der Waals surface area contributed by atoms with Crippen molar-refractivity contribution in [1.82, 2.24) is 9.97 Å². The van der Waals surface area contributed by atoms with Crippen molar-refractivity contribution < 1.29 is 13.9 Å². The Hall–Kier alpha value is -0.940. The average molecular weight is 235 g/mol. The molecule has 1 heterocycles. The molecule has 6 heteroatoms. The van der Waals surface area contributed by atoms with Crippen molar-refractivity contribution in [2.75, 3.05) is 13.2 Å². The molecular formula is C9H12ClFN2O2. The molecule has 4 nitrogen and oxygen atoms in total. The smallest absolute Gasteiger partial charge is 0.254 e. The second kappa shape index (κ2) is 5.82. The van der Waals surface area contributed by atoms with E-state index in [9.17, 15) is 4.39 Å². The van der Waals surface area contributed by atoms with Crippen LogP contribution in [0.1, 0.15) is 13.8 Å². The third-order valence-electron chi connectivity index (χ3n) is 1.46. The van der Waals surface area contributed by atoms with Gasteiger partial charge < -0.3 is 9.47 Å². The lowest BCUT2D eigenvalue weighted by atomic mass is 10.5. The molecule has 0 atom stereocenters. The summed E-state index contributed by atoms with van der Waals surface area (Å²) >= 11 is 5.48. The van der Waals surface area contributed by atoms with Gasteiger partial charge in [0.1, 0.15) is 6.61 Å². The third-order valence-corrected chi connectivity index (χ3v) is 1.64. The molecule has 0 spiro atoms. The zero-order valence-corrected chi connectivity index (χ0v) is 9.29. The molecule has 1 aromatic rings. The van der Waals surface area contributed by atoms with Crippen LogP contribution in [0.3, 0.4) is 0 Å². The summed E-state index contributed by atoms with van der Waals surface area (Å²) in [6.45, 7) is 4.41. The van der Waals surface area contributed by atoms with Crippen LogP contribution in [-0.4, -0.2) is 29.3 Å². The fourth-order valence-electron chi connectivity index (χ4n) is 0.855. The van der Waals surface area contributed by atoms with Gasteiger partial charge in [-0.15, -0.1) is 0 Å². The Labute approximate surface area is 92.4 Å². The van der Waals surface area contributed by atoms with E-state index < -0.39 is 5.82 Å². The maximum atomic E-state index is 13.0. The molecule has 0 radical (unpaired) electrons. The Morgan fingerprint density at radius 3 is 2.87 bits per heavy atom. The Morgan fingerprint density at radius 1 is 1.47 bits per heavy atom. The van der Waals surface area contributed by atoms with Gasteiger partial charge in [0.25, 0.3) is 5.88 Å². The number of hydrogen-bond donors (Lipinski definition) is 0. The first-order valence-corrected chi connectivity index (χ1v) is 4.90. The molecule has 0 bridgehead atoms. The number of hydrogen-bond acceptors (Lipinski definition) is 4. The van der Waals surface area contributed by atoms with Crippen molar-refractivity contribution in [3.8, 4) is 5.88 Å². The van der Waals surface area contributed by atoms with Gasteiger partial charge in [0.05, 0.1) is 18.9 Å². The van der Waals surface area contributed by atoms with Crippen LogP contribution in [0.2, 0.25) is 5.28 Å². The topological polar surface area (TPSA) is 44.2 Å². The van der Waals surface area contributed by atoms with E-state index >= 15 is 0 Å². The van der Waals surface area contributed by atoms with Crippen molar-refractivity contribution in [1.29, 1.82) is 0 Å². The summed E-state index contributed by atoms with van der Waals surface area (Å²) in [6.07, 6.45) is 1.08. The normalized spacial score (nSPS) is 10.7. The summed E-state index contributed by atoms with van der Waals surface area (Å²) in [6, 6.07) is 0. The third kappa shape index (κ3) is 4.40. The summed E-state index contributed by atoms with van der Waals surface area (Å²) in [4.78, 5) is 7.05. The summed E-state index contributed by atoms with van der Waals surface area (Å²) in [5.74, 6) is -0.786. The van der Waals surface area contributed by atoms with Crippen molar-refractivity contribution in [3.63, 3.8) is 0 Å². The molecule has 0 saturated carbocycles. The Kier molecular flexibility index (Phi) is 4.71. The van der Waals surface area contributed by atoms with Gasteiger partial charge >= 0.3 is 0 Å². The summed E-state index contributed by atoms with van der Waals surface area (Å²) in [5, 5.41) is -0.0452. The summed E-state index contributed by atoms with van der Waals surface area (Å²) < 4.78 is 23.2. The van der Waals surface area contributed by atoms with Gasteiger partial charge in [0, 0.05) is 0 Å². The zero-order chi connectivity index (χ0) is 11.3. The van der Waals surface area contributed by atoms with E-state index in [-0.39, 0.29) is 23.9 Å². The lowest BCUT2D eigenvalue weighted by Crippen LogP contribution is -2.12. The van der Waals surface area contributed by atoms with E-state index in [1.807, 2.05) is 13.8 Å². The molecule has 0 aliphatic heterocycles. The molecule has 1 rings (SSSR count). The first-order chi connectivity index (χ1) is 7.09. The largest absolute Gasteiger partial charge is 0.473 e. The number of nitrogens with zero attached hydrogens (tertiary/aromatic N) is 2. The molecule has 1 aromatic heterocycles. The Balaban J connectivity index is 2.40. The van der Waals surface area contributed by atoms with Gasteiger partial charge in [-0.2, -0.15) is 9.37 Å². The second-order valence-corrected chi connectivity index (χ2v) is 3.40. The maximum Gasteiger partial charge on any atom is 0.254 e. The van der Waals surface area contributed by atoms with E-state index in [2.05, 4.69) is 9.97 Å². The predicted octanol–water partition coefficient (Wildman–Crippen LogP) is 2.07. The monoisotopic (exact) mass is 234 g/mol. The van der Waals surface area contributed by atoms with E-state index in [1.165, 1.54) is 0 Å². The standard InChI is InChI=1S/C9H12ClFN2O2/c1-6(2)14-3-4-15-8-7(11)5-12-9(10)13-8/h5-6H,3-4H2,1-2H3. The van der Waals surface area contributed by atoms with Gasteiger partial charge in [0.2, 0.25) is 11.1 Å². The molecule has 0 aliphatic carbocycles. The number of rotatable bonds is 5. The Morgan fingerprint density at radius 2 is 2.20 bits per heavy atom. The Bertz CT molecular complexity index is 323. The predicted molar refractivity (Wildman–Crippen MR) is 53.6 cm³/mol. The second-order valence-electron chi connectivity index (χ2n) is 3.06. The van der Waals surface area contributed by atoms with Gasteiger partial charge in [-0.3, -0.25) is 0 Å². The molecule has 0 aromatic carbocycles. The van der Waals surface area contributed by atoms with Crippen LogP contribution in [0.15, 0.2) is 6.20 Å². The van der Waals surface area contributed by atoms with Crippen LogP contribution < -0.4 is 4.74 Å². The van der Waals surface area contributed by atoms with Crippen molar-refractivity contribution in [2.45, 2.75) is 20.0 Å². The van der Waals surface area contributed by atoms with E-state index in [1.54, 1.807) is 0 Å². The first-order valence-electron chi connectivity index (χ1n) is 4.52. The highest BCUT2D eigenvalue weighted by atomic mass is 35.5. The van der Waals surface area contributed by atoms with E-state index in [4.69, 9.17) is 21.1 Å². The molecule has 0 N–H and O–H groups in total. The lowest BCUT2D eigenvalue weighted by Gasteiger charge is -2.08. The number of halogens is 2. The molecule has 0 fully saturated rings. The molecule has 84 valence electrons. The highest BCUT2D eigenvalue weighted by Crippen LogP contribution is 2.14. The minimum atomic E-state index is -0.635. The molecular weight excluding hydrogens is 223 g/mol.